The lowest BCUT2D eigenvalue weighted by atomic mass is 9.98. The summed E-state index contributed by atoms with van der Waals surface area (Å²) in [6, 6.07) is 19.4. The van der Waals surface area contributed by atoms with Gasteiger partial charge in [0.05, 0.1) is 38.3 Å². The van der Waals surface area contributed by atoms with Crippen LogP contribution in [-0.4, -0.2) is 110 Å². The zero-order valence-electron chi connectivity index (χ0n) is 38.1. The molecule has 2 N–H and O–H groups in total. The van der Waals surface area contributed by atoms with Crippen molar-refractivity contribution in [1.29, 1.82) is 0 Å². The van der Waals surface area contributed by atoms with Crippen LogP contribution in [0.2, 0.25) is 0 Å². The molecule has 4 amide bonds. The number of hydrogen-bond donors (Lipinski definition) is 2. The molecule has 0 saturated carbocycles. The number of carbonyl (C=O) groups is 4. The van der Waals surface area contributed by atoms with Crippen LogP contribution in [0.4, 0.5) is 15.3 Å². The topological polar surface area (TPSA) is 150 Å². The molecule has 0 aliphatic carbocycles. The van der Waals surface area contributed by atoms with Gasteiger partial charge in [0, 0.05) is 65.4 Å². The van der Waals surface area contributed by atoms with Gasteiger partial charge in [-0.3, -0.25) is 14.6 Å². The molecule has 0 bridgehead atoms. The first-order valence-corrected chi connectivity index (χ1v) is 20.8. The van der Waals surface area contributed by atoms with Crippen molar-refractivity contribution in [3.8, 4) is 22.4 Å². The second kappa shape index (κ2) is 26.4. The van der Waals surface area contributed by atoms with Crippen molar-refractivity contribution in [3.63, 3.8) is 0 Å². The number of hydrogen-bond acceptors (Lipinski definition) is 8. The number of fused-ring (bicyclic) bond motifs is 1. The molecule has 328 valence electrons. The van der Waals surface area contributed by atoms with Gasteiger partial charge in [-0.15, -0.1) is 0 Å². The van der Waals surface area contributed by atoms with E-state index in [0.29, 0.717) is 30.7 Å². The maximum absolute atomic E-state index is 12.6. The van der Waals surface area contributed by atoms with Gasteiger partial charge in [0.2, 0.25) is 11.8 Å². The number of carbonyl (C=O) groups excluding carboxylic acids is 4. The number of imidazole rings is 1. The normalized spacial score (nSPS) is 11.9. The molecule has 3 aromatic carbocycles. The molecule has 1 aliphatic heterocycles. The summed E-state index contributed by atoms with van der Waals surface area (Å²) in [5.74, 6) is 2.20. The van der Waals surface area contributed by atoms with E-state index in [1.54, 1.807) is 14.1 Å². The van der Waals surface area contributed by atoms with Crippen molar-refractivity contribution in [2.45, 2.75) is 87.1 Å². The van der Waals surface area contributed by atoms with Crippen LogP contribution in [0.15, 0.2) is 65.8 Å². The Kier molecular flexibility index (Phi) is 22.2. The molecule has 1 saturated heterocycles. The molecule has 1 fully saturated rings. The molecule has 0 atom stereocenters. The number of H-pyrrole nitrogens is 1. The van der Waals surface area contributed by atoms with Crippen molar-refractivity contribution in [2.75, 3.05) is 55.0 Å². The number of nitrogens with zero attached hydrogens (tertiary/aromatic N) is 5. The van der Waals surface area contributed by atoms with Gasteiger partial charge >= 0.3 is 12.2 Å². The van der Waals surface area contributed by atoms with Crippen LogP contribution in [0.1, 0.15) is 85.0 Å². The minimum Gasteiger partial charge on any atom is -0.453 e. The Morgan fingerprint density at radius 3 is 1.97 bits per heavy atom. The van der Waals surface area contributed by atoms with Crippen LogP contribution < -0.4 is 5.32 Å². The minimum absolute atomic E-state index is 0.188. The Labute approximate surface area is 357 Å². The number of nitrogens with one attached hydrogen (secondary N) is 2. The summed E-state index contributed by atoms with van der Waals surface area (Å²) in [5, 5.41) is 4.61. The van der Waals surface area contributed by atoms with E-state index < -0.39 is 6.09 Å². The number of aromatic nitrogens is 2. The number of aromatic amines is 1. The largest absolute Gasteiger partial charge is 0.453 e. The van der Waals surface area contributed by atoms with Gasteiger partial charge in [0.1, 0.15) is 5.82 Å². The number of aryl methyl sites for hydroxylation is 1. The Balaban J connectivity index is 0.000000418. The number of likely N-dealkylation sites (tertiary alicyclic amines) is 1. The van der Waals surface area contributed by atoms with E-state index in [0.717, 1.165) is 60.8 Å². The average molecular weight is 828 g/mol. The van der Waals surface area contributed by atoms with Gasteiger partial charge in [-0.25, -0.2) is 14.6 Å². The number of alkyl carbamates (subject to hydrolysis) is 1. The summed E-state index contributed by atoms with van der Waals surface area (Å²) < 4.78 is 8.45. The van der Waals surface area contributed by atoms with Crippen LogP contribution in [-0.2, 0) is 25.6 Å². The van der Waals surface area contributed by atoms with Crippen molar-refractivity contribution in [2.24, 2.45) is 16.8 Å². The highest BCUT2D eigenvalue weighted by molar-refractivity contribution is 5.91. The number of methoxy groups -OCH3 is 2. The van der Waals surface area contributed by atoms with Gasteiger partial charge < -0.3 is 34.5 Å². The lowest BCUT2D eigenvalue weighted by Gasteiger charge is -2.22. The average Bonchev–Trinajstić information content (AvgIpc) is 3.94. The lowest BCUT2D eigenvalue weighted by Crippen LogP contribution is -2.32. The summed E-state index contributed by atoms with van der Waals surface area (Å²) in [6.07, 6.45) is 7.59. The van der Waals surface area contributed by atoms with Crippen molar-refractivity contribution in [1.82, 2.24) is 30.0 Å². The molecule has 0 radical (unpaired) electrons. The van der Waals surface area contributed by atoms with Gasteiger partial charge in [-0.1, -0.05) is 71.0 Å². The van der Waals surface area contributed by atoms with Crippen molar-refractivity contribution < 1.29 is 28.7 Å². The summed E-state index contributed by atoms with van der Waals surface area (Å²) in [5.41, 5.74) is 6.55. The highest BCUT2D eigenvalue weighted by Gasteiger charge is 2.18. The Morgan fingerprint density at radius 1 is 0.883 bits per heavy atom. The number of rotatable bonds is 11. The molecule has 2 heterocycles. The van der Waals surface area contributed by atoms with Gasteiger partial charge in [0.15, 0.2) is 0 Å². The monoisotopic (exact) mass is 828 g/mol. The van der Waals surface area contributed by atoms with E-state index in [9.17, 15) is 19.2 Å². The Hall–Kier alpha value is -5.72. The smallest absolute Gasteiger partial charge is 0.408 e. The van der Waals surface area contributed by atoms with E-state index in [-0.39, 0.29) is 12.0 Å². The lowest BCUT2D eigenvalue weighted by molar-refractivity contribution is -0.133. The molecule has 4 aromatic rings. The maximum Gasteiger partial charge on any atom is 0.408 e. The molecule has 13 heteroatoms. The van der Waals surface area contributed by atoms with E-state index in [2.05, 4.69) is 126 Å². The molecule has 60 heavy (non-hydrogen) atoms. The predicted molar refractivity (Wildman–Crippen MR) is 244 cm³/mol. The third-order valence-electron chi connectivity index (χ3n) is 9.33. The SMILES string of the molecule is CC(C)CC(=O)N1CCCC1.CC=Nc1cc(-c2ccc3cc(-c4cnc(CN(CCC)C(=O)CC(C)C)[nH]4)ccc3c2)ccc1C.CNC(=O)OC.COC(=O)N(C)C. The first kappa shape index (κ1) is 50.4. The molecule has 13 nitrogen and oxygen atoms in total. The number of amides is 4. The third-order valence-corrected chi connectivity index (χ3v) is 9.33. The van der Waals surface area contributed by atoms with E-state index >= 15 is 0 Å². The summed E-state index contributed by atoms with van der Waals surface area (Å²) in [6.45, 7) is 17.7. The Morgan fingerprint density at radius 2 is 1.47 bits per heavy atom. The Bertz CT molecular complexity index is 1980. The highest BCUT2D eigenvalue weighted by atomic mass is 16.5. The van der Waals surface area contributed by atoms with Crippen LogP contribution in [0.5, 0.6) is 0 Å². The fourth-order valence-corrected chi connectivity index (χ4v) is 6.20. The van der Waals surface area contributed by atoms with Crippen LogP contribution in [0.25, 0.3) is 33.2 Å². The predicted octanol–water partition coefficient (Wildman–Crippen LogP) is 9.65. The maximum atomic E-state index is 12.6. The number of ether oxygens (including phenoxy) is 2. The second-order valence-electron chi connectivity index (χ2n) is 15.6. The zero-order chi connectivity index (χ0) is 44.8. The minimum atomic E-state index is -0.407. The summed E-state index contributed by atoms with van der Waals surface area (Å²) in [7, 11) is 7.44. The molecule has 1 aliphatic rings. The standard InChI is InChI=1S/C31H36N4O.C9H17NO.C4H9NO2.C3H7NO2/c1-6-14-35(31(36)15-21(3)4)20-30-33-19-29(34-30)27-13-12-23-16-24(10-11-25(23)17-27)26-9-8-22(5)28(18-26)32-7-2;1-8(2)7-9(11)10-5-3-4-6-10;1-5(2)4(6)7-3;1-4-3(5)6-2/h7-13,16-19,21H,6,14-15,20H2,1-5H3,(H,33,34);8H,3-7H2,1-2H3;1-3H3;1-2H3,(H,4,5). The fourth-order valence-electron chi connectivity index (χ4n) is 6.20. The van der Waals surface area contributed by atoms with Crippen LogP contribution in [0, 0.1) is 18.8 Å². The van der Waals surface area contributed by atoms with Gasteiger partial charge in [-0.2, -0.15) is 0 Å². The molecule has 1 aromatic heterocycles. The molecule has 5 rings (SSSR count). The number of benzene rings is 3. The van der Waals surface area contributed by atoms with Crippen molar-refractivity contribution in [3.05, 3.63) is 72.2 Å². The molecular formula is C47H69N7O6. The third kappa shape index (κ3) is 17.2. The summed E-state index contributed by atoms with van der Waals surface area (Å²) in [4.78, 5) is 61.9. The van der Waals surface area contributed by atoms with Crippen LogP contribution >= 0.6 is 0 Å². The molecular weight excluding hydrogens is 759 g/mol. The van der Waals surface area contributed by atoms with Gasteiger partial charge in [-0.05, 0) is 90.6 Å². The van der Waals surface area contributed by atoms with Crippen LogP contribution in [0.3, 0.4) is 0 Å². The van der Waals surface area contributed by atoms with E-state index in [4.69, 9.17) is 0 Å². The second-order valence-corrected chi connectivity index (χ2v) is 15.6. The fraction of sp³-hybridized carbons (Fsp3) is 0.489. The zero-order valence-corrected chi connectivity index (χ0v) is 38.1. The van der Waals surface area contributed by atoms with Gasteiger partial charge in [0.25, 0.3) is 0 Å². The van der Waals surface area contributed by atoms with E-state index in [1.807, 2.05) is 29.1 Å². The first-order valence-electron chi connectivity index (χ1n) is 20.8. The van der Waals surface area contributed by atoms with Crippen molar-refractivity contribution >= 4 is 46.7 Å². The van der Waals surface area contributed by atoms with E-state index in [1.165, 1.54) is 60.9 Å². The molecule has 0 unspecified atom stereocenters. The highest BCUT2D eigenvalue weighted by Crippen LogP contribution is 2.31. The molecule has 0 spiro atoms. The quantitative estimate of drug-likeness (QED) is 0.143. The number of aliphatic imine (C=N–C) groups is 1. The summed E-state index contributed by atoms with van der Waals surface area (Å²) >= 11 is 0. The first-order chi connectivity index (χ1) is 28.6.